The lowest BCUT2D eigenvalue weighted by Crippen LogP contribution is -2.23. The molecule has 0 unspecified atom stereocenters. The number of hydrogen-bond acceptors (Lipinski definition) is 5. The first-order chi connectivity index (χ1) is 14.1. The van der Waals surface area contributed by atoms with Gasteiger partial charge < -0.3 is 4.52 Å². The monoisotopic (exact) mass is 386 g/mol. The van der Waals surface area contributed by atoms with E-state index in [4.69, 9.17) is 4.52 Å². The first-order valence-corrected chi connectivity index (χ1v) is 9.66. The highest BCUT2D eigenvalue weighted by molar-refractivity contribution is 5.58. The van der Waals surface area contributed by atoms with E-state index in [9.17, 15) is 4.79 Å². The van der Waals surface area contributed by atoms with Crippen molar-refractivity contribution in [3.63, 3.8) is 0 Å². The maximum atomic E-state index is 12.2. The molecule has 0 aliphatic heterocycles. The van der Waals surface area contributed by atoms with Gasteiger partial charge in [-0.2, -0.15) is 10.1 Å². The van der Waals surface area contributed by atoms with Crippen molar-refractivity contribution in [1.29, 1.82) is 0 Å². The van der Waals surface area contributed by atoms with Gasteiger partial charge in [0.1, 0.15) is 0 Å². The summed E-state index contributed by atoms with van der Waals surface area (Å²) in [4.78, 5) is 16.6. The average molecular weight is 386 g/mol. The number of aromatic nitrogens is 4. The topological polar surface area (TPSA) is 73.8 Å². The maximum absolute atomic E-state index is 12.2. The molecule has 29 heavy (non-hydrogen) atoms. The maximum Gasteiger partial charge on any atom is 0.266 e. The molecule has 0 fully saturated rings. The summed E-state index contributed by atoms with van der Waals surface area (Å²) in [7, 11) is 0. The zero-order valence-electron chi connectivity index (χ0n) is 16.4. The van der Waals surface area contributed by atoms with Crippen molar-refractivity contribution >= 4 is 0 Å². The number of hydrogen-bond donors (Lipinski definition) is 0. The fraction of sp³-hybridized carbons (Fsp3) is 0.217. The highest BCUT2D eigenvalue weighted by Crippen LogP contribution is 2.20. The lowest BCUT2D eigenvalue weighted by molar-refractivity contribution is 0.368. The van der Waals surface area contributed by atoms with Crippen molar-refractivity contribution in [2.75, 3.05) is 0 Å². The Bertz CT molecular complexity index is 1150. The Morgan fingerprint density at radius 2 is 1.69 bits per heavy atom. The van der Waals surface area contributed by atoms with Crippen LogP contribution in [0.15, 0.2) is 76.0 Å². The van der Waals surface area contributed by atoms with E-state index in [1.165, 1.54) is 10.2 Å². The number of nitrogens with zero attached hydrogens (tertiary/aromatic N) is 4. The van der Waals surface area contributed by atoms with Gasteiger partial charge >= 0.3 is 0 Å². The van der Waals surface area contributed by atoms with Gasteiger partial charge in [-0.05, 0) is 17.5 Å². The Kier molecular flexibility index (Phi) is 5.33. The summed E-state index contributed by atoms with van der Waals surface area (Å²) >= 11 is 0. The Labute approximate surface area is 168 Å². The van der Waals surface area contributed by atoms with Crippen LogP contribution < -0.4 is 5.56 Å². The molecule has 0 aliphatic rings. The summed E-state index contributed by atoms with van der Waals surface area (Å²) < 4.78 is 6.77. The van der Waals surface area contributed by atoms with E-state index in [-0.39, 0.29) is 5.56 Å². The minimum absolute atomic E-state index is 0.157. The number of benzene rings is 2. The zero-order valence-corrected chi connectivity index (χ0v) is 16.4. The van der Waals surface area contributed by atoms with Crippen LogP contribution >= 0.6 is 0 Å². The summed E-state index contributed by atoms with van der Waals surface area (Å²) in [6.45, 7) is 4.69. The SMILES string of the molecule is CC(C)c1ccc(-c2ccc(=O)n(CCc3nc(-c4ccccc4)no3)n2)cc1. The Morgan fingerprint density at radius 1 is 0.931 bits per heavy atom. The van der Waals surface area contributed by atoms with E-state index < -0.39 is 0 Å². The Morgan fingerprint density at radius 3 is 2.41 bits per heavy atom. The fourth-order valence-electron chi connectivity index (χ4n) is 3.06. The van der Waals surface area contributed by atoms with Crippen LogP contribution in [-0.2, 0) is 13.0 Å². The highest BCUT2D eigenvalue weighted by atomic mass is 16.5. The molecule has 0 saturated heterocycles. The summed E-state index contributed by atoms with van der Waals surface area (Å²) in [6.07, 6.45) is 0.433. The smallest absolute Gasteiger partial charge is 0.266 e. The number of rotatable bonds is 6. The van der Waals surface area contributed by atoms with Crippen LogP contribution in [0.4, 0.5) is 0 Å². The van der Waals surface area contributed by atoms with Gasteiger partial charge in [-0.25, -0.2) is 4.68 Å². The van der Waals surface area contributed by atoms with Gasteiger partial charge in [0.05, 0.1) is 12.2 Å². The van der Waals surface area contributed by atoms with Gasteiger partial charge in [-0.15, -0.1) is 0 Å². The molecule has 2 aromatic carbocycles. The van der Waals surface area contributed by atoms with Crippen molar-refractivity contribution in [3.8, 4) is 22.6 Å². The lowest BCUT2D eigenvalue weighted by Gasteiger charge is -2.08. The van der Waals surface area contributed by atoms with Gasteiger partial charge in [0.2, 0.25) is 11.7 Å². The molecule has 0 atom stereocenters. The molecular weight excluding hydrogens is 364 g/mol. The predicted octanol–water partition coefficient (Wildman–Crippen LogP) is 4.33. The Hall–Kier alpha value is -3.54. The molecule has 0 aliphatic carbocycles. The van der Waals surface area contributed by atoms with E-state index in [2.05, 4.69) is 41.2 Å². The molecule has 6 heteroatoms. The molecule has 0 radical (unpaired) electrons. The third kappa shape index (κ3) is 4.32. The quantitative estimate of drug-likeness (QED) is 0.493. The molecule has 2 heterocycles. The molecule has 2 aromatic heterocycles. The molecule has 0 spiro atoms. The second kappa shape index (κ2) is 8.22. The van der Waals surface area contributed by atoms with Crippen LogP contribution in [-0.4, -0.2) is 19.9 Å². The number of aryl methyl sites for hydroxylation is 2. The third-order valence-corrected chi connectivity index (χ3v) is 4.78. The van der Waals surface area contributed by atoms with Gasteiger partial charge in [0.15, 0.2) is 0 Å². The highest BCUT2D eigenvalue weighted by Gasteiger charge is 2.10. The summed E-state index contributed by atoms with van der Waals surface area (Å²) in [5.74, 6) is 1.49. The first kappa shape index (κ1) is 18.8. The normalized spacial score (nSPS) is 11.1. The van der Waals surface area contributed by atoms with Crippen LogP contribution in [0.3, 0.4) is 0 Å². The van der Waals surface area contributed by atoms with Gasteiger partial charge in [-0.1, -0.05) is 73.6 Å². The molecule has 4 aromatic rings. The molecule has 0 N–H and O–H groups in total. The summed E-state index contributed by atoms with van der Waals surface area (Å²) in [6, 6.07) is 21.2. The lowest BCUT2D eigenvalue weighted by atomic mass is 10.0. The predicted molar refractivity (Wildman–Crippen MR) is 111 cm³/mol. The van der Waals surface area contributed by atoms with E-state index >= 15 is 0 Å². The van der Waals surface area contributed by atoms with E-state index in [0.717, 1.165) is 16.8 Å². The second-order valence-corrected chi connectivity index (χ2v) is 7.18. The first-order valence-electron chi connectivity index (χ1n) is 9.66. The largest absolute Gasteiger partial charge is 0.339 e. The van der Waals surface area contributed by atoms with E-state index in [1.54, 1.807) is 12.1 Å². The summed E-state index contributed by atoms with van der Waals surface area (Å²) in [5, 5.41) is 8.53. The van der Waals surface area contributed by atoms with E-state index in [1.807, 2.05) is 42.5 Å². The van der Waals surface area contributed by atoms with Crippen LogP contribution in [0.1, 0.15) is 31.2 Å². The van der Waals surface area contributed by atoms with Gasteiger partial charge in [-0.3, -0.25) is 4.79 Å². The van der Waals surface area contributed by atoms with Crippen LogP contribution in [0.2, 0.25) is 0 Å². The molecule has 6 nitrogen and oxygen atoms in total. The average Bonchev–Trinajstić information content (AvgIpc) is 3.23. The minimum Gasteiger partial charge on any atom is -0.339 e. The zero-order chi connectivity index (χ0) is 20.2. The van der Waals surface area contributed by atoms with Crippen molar-refractivity contribution in [2.24, 2.45) is 0 Å². The molecule has 4 rings (SSSR count). The molecular formula is C23H22N4O2. The van der Waals surface area contributed by atoms with Crippen molar-refractivity contribution < 1.29 is 4.52 Å². The molecule has 0 amide bonds. The van der Waals surface area contributed by atoms with Crippen LogP contribution in [0.25, 0.3) is 22.6 Å². The minimum atomic E-state index is -0.157. The second-order valence-electron chi connectivity index (χ2n) is 7.18. The van der Waals surface area contributed by atoms with Gasteiger partial charge in [0.25, 0.3) is 5.56 Å². The molecule has 146 valence electrons. The van der Waals surface area contributed by atoms with Gasteiger partial charge in [0, 0.05) is 23.6 Å². The standard InChI is InChI=1S/C23H22N4O2/c1-16(2)17-8-10-18(11-9-17)20-12-13-22(28)27(25-20)15-14-21-24-23(26-29-21)19-6-4-3-5-7-19/h3-13,16H,14-15H2,1-2H3. The third-order valence-electron chi connectivity index (χ3n) is 4.78. The Balaban J connectivity index is 1.50. The van der Waals surface area contributed by atoms with E-state index in [0.29, 0.717) is 30.6 Å². The molecule has 0 saturated carbocycles. The van der Waals surface area contributed by atoms with Crippen LogP contribution in [0.5, 0.6) is 0 Å². The molecule has 0 bridgehead atoms. The van der Waals surface area contributed by atoms with Crippen LogP contribution in [0, 0.1) is 0 Å². The fourth-order valence-corrected chi connectivity index (χ4v) is 3.06. The van der Waals surface area contributed by atoms with Crippen molar-refractivity contribution in [1.82, 2.24) is 19.9 Å². The summed E-state index contributed by atoms with van der Waals surface area (Å²) in [5.41, 5.74) is 3.75. The van der Waals surface area contributed by atoms with Crippen molar-refractivity contribution in [2.45, 2.75) is 32.7 Å². The van der Waals surface area contributed by atoms with Crippen molar-refractivity contribution in [3.05, 3.63) is 88.5 Å².